The number of phosphoric ester groups is 1. The summed E-state index contributed by atoms with van der Waals surface area (Å²) in [6.45, 7) is -0.715. The first-order valence-electron chi connectivity index (χ1n) is 8.05. The highest BCUT2D eigenvalue weighted by atomic mass is 31.2. The maximum atomic E-state index is 11.8. The number of phosphoric acid groups is 1. The molecule has 0 amide bonds. The van der Waals surface area contributed by atoms with Crippen LogP contribution in [0.5, 0.6) is 5.75 Å². The van der Waals surface area contributed by atoms with Crippen LogP contribution in [0.1, 0.15) is 31.3 Å². The summed E-state index contributed by atoms with van der Waals surface area (Å²) in [4.78, 5) is 61.9. The standard InChI is InChI=1S/C16H12N3O11P/c20-13-6-4-8(16(25)26)18-10(6)9-5(14(21)22)3-7(15(23)24)19-11(9)12(13)17-1-2-30-31(27,28)29/h1,3-4,19-20H,2H2,(H,21,22)(H,23,24)(H,25,26)(H2,27,28,29). The number of phenols is 1. The summed E-state index contributed by atoms with van der Waals surface area (Å²) in [6.07, 6.45) is 0.829. The molecule has 0 saturated carbocycles. The van der Waals surface area contributed by atoms with Gasteiger partial charge in [-0.25, -0.2) is 23.9 Å². The largest absolute Gasteiger partial charge is 0.505 e. The van der Waals surface area contributed by atoms with Crippen LogP contribution < -0.4 is 0 Å². The number of H-pyrrole nitrogens is 1. The molecule has 14 nitrogen and oxygen atoms in total. The number of benzene rings is 1. The van der Waals surface area contributed by atoms with Crippen molar-refractivity contribution in [3.8, 4) is 5.75 Å². The van der Waals surface area contributed by atoms with Crippen LogP contribution in [0.3, 0.4) is 0 Å². The zero-order valence-electron chi connectivity index (χ0n) is 15.0. The van der Waals surface area contributed by atoms with Crippen molar-refractivity contribution >= 4 is 59.4 Å². The zero-order chi connectivity index (χ0) is 23.1. The van der Waals surface area contributed by atoms with E-state index in [4.69, 9.17) is 9.79 Å². The van der Waals surface area contributed by atoms with Crippen molar-refractivity contribution in [1.29, 1.82) is 0 Å². The summed E-state index contributed by atoms with van der Waals surface area (Å²) in [5.74, 6) is -5.24. The van der Waals surface area contributed by atoms with Gasteiger partial charge in [-0.05, 0) is 12.1 Å². The van der Waals surface area contributed by atoms with E-state index >= 15 is 0 Å². The Kier molecular flexibility index (Phi) is 5.48. The van der Waals surface area contributed by atoms with Gasteiger partial charge < -0.3 is 35.2 Å². The minimum atomic E-state index is -4.83. The number of aromatic hydroxyl groups is 1. The number of nitrogens with one attached hydrogen (secondary N) is 1. The fourth-order valence-electron chi connectivity index (χ4n) is 2.82. The van der Waals surface area contributed by atoms with Crippen LogP contribution in [0.25, 0.3) is 21.8 Å². The number of aromatic nitrogens is 2. The van der Waals surface area contributed by atoms with Gasteiger partial charge in [0.2, 0.25) is 0 Å². The third-order valence-electron chi connectivity index (χ3n) is 4.01. The van der Waals surface area contributed by atoms with Gasteiger partial charge in [-0.1, -0.05) is 0 Å². The van der Waals surface area contributed by atoms with Gasteiger partial charge in [-0.3, -0.25) is 9.52 Å². The second-order valence-electron chi connectivity index (χ2n) is 5.96. The average Bonchev–Trinajstić information content (AvgIpc) is 3.11. The third-order valence-corrected chi connectivity index (χ3v) is 4.49. The van der Waals surface area contributed by atoms with Gasteiger partial charge in [0.1, 0.15) is 17.1 Å². The summed E-state index contributed by atoms with van der Waals surface area (Å²) >= 11 is 0. The van der Waals surface area contributed by atoms with Gasteiger partial charge in [0, 0.05) is 17.0 Å². The fraction of sp³-hybridized carbons (Fsp3) is 0.0625. The Morgan fingerprint density at radius 3 is 2.35 bits per heavy atom. The molecule has 0 aliphatic heterocycles. The van der Waals surface area contributed by atoms with Crippen molar-refractivity contribution in [1.82, 2.24) is 9.97 Å². The molecule has 0 fully saturated rings. The van der Waals surface area contributed by atoms with E-state index in [9.17, 15) is 39.4 Å². The van der Waals surface area contributed by atoms with E-state index < -0.39 is 60.7 Å². The number of phenolic OH excluding ortho intramolecular Hbond substituents is 1. The van der Waals surface area contributed by atoms with Crippen molar-refractivity contribution < 1.29 is 53.7 Å². The first-order chi connectivity index (χ1) is 14.4. The molecule has 31 heavy (non-hydrogen) atoms. The molecule has 2 heterocycles. The van der Waals surface area contributed by atoms with Gasteiger partial charge in [-0.2, -0.15) is 0 Å². The lowest BCUT2D eigenvalue weighted by atomic mass is 10.0. The third kappa shape index (κ3) is 4.22. The second kappa shape index (κ2) is 7.77. The number of hydrogen-bond acceptors (Lipinski definition) is 8. The molecule has 162 valence electrons. The number of carboxylic acids is 3. The Morgan fingerprint density at radius 1 is 1.13 bits per heavy atom. The monoisotopic (exact) mass is 453 g/mol. The van der Waals surface area contributed by atoms with Crippen LogP contribution in [0.15, 0.2) is 17.1 Å². The number of aromatic carboxylic acids is 3. The van der Waals surface area contributed by atoms with Crippen molar-refractivity contribution in [2.45, 2.75) is 0 Å². The summed E-state index contributed by atoms with van der Waals surface area (Å²) in [5, 5.41) is 38.2. The molecular weight excluding hydrogens is 441 g/mol. The lowest BCUT2D eigenvalue weighted by molar-refractivity contribution is 0.0678. The number of carboxylic acid groups (broad SMARTS) is 3. The maximum Gasteiger partial charge on any atom is 0.469 e. The normalized spacial score (nSPS) is 12.1. The number of nitrogens with zero attached hydrogens (tertiary/aromatic N) is 2. The highest BCUT2D eigenvalue weighted by Gasteiger charge is 2.25. The first kappa shape index (κ1) is 21.9. The Labute approximate surface area is 170 Å². The number of aromatic amines is 1. The molecule has 3 rings (SSSR count). The van der Waals surface area contributed by atoms with Gasteiger partial charge in [0.25, 0.3) is 0 Å². The Bertz CT molecular complexity index is 1340. The van der Waals surface area contributed by atoms with E-state index in [0.717, 1.165) is 18.3 Å². The molecule has 0 saturated heterocycles. The van der Waals surface area contributed by atoms with Crippen LogP contribution in [0, 0.1) is 0 Å². The molecule has 0 radical (unpaired) electrons. The van der Waals surface area contributed by atoms with E-state index in [1.165, 1.54) is 0 Å². The highest BCUT2D eigenvalue weighted by molar-refractivity contribution is 7.46. The van der Waals surface area contributed by atoms with E-state index in [2.05, 4.69) is 19.5 Å². The van der Waals surface area contributed by atoms with Crippen LogP contribution in [-0.2, 0) is 9.09 Å². The van der Waals surface area contributed by atoms with Gasteiger partial charge in [0.15, 0.2) is 5.75 Å². The van der Waals surface area contributed by atoms with Crippen LogP contribution in [0.4, 0.5) is 5.69 Å². The molecule has 2 aromatic heterocycles. The average molecular weight is 453 g/mol. The quantitative estimate of drug-likeness (QED) is 0.198. The van der Waals surface area contributed by atoms with Crippen molar-refractivity contribution in [2.24, 2.45) is 4.99 Å². The van der Waals surface area contributed by atoms with E-state index in [0.29, 0.717) is 0 Å². The lowest BCUT2D eigenvalue weighted by Crippen LogP contribution is -2.07. The molecule has 0 unspecified atom stereocenters. The number of rotatable bonds is 7. The molecule has 0 spiro atoms. The molecule has 7 N–H and O–H groups in total. The maximum absolute atomic E-state index is 11.8. The smallest absolute Gasteiger partial charge is 0.469 e. The lowest BCUT2D eigenvalue weighted by Gasteiger charge is -2.11. The fourth-order valence-corrected chi connectivity index (χ4v) is 3.08. The van der Waals surface area contributed by atoms with Crippen LogP contribution in [-0.4, -0.2) is 70.9 Å². The SMILES string of the molecule is O=C(O)c1cc2c(O)c(N=CCOP(=O)(O)O)c3[nH]c(C(=O)O)cc(C(=O)O)c3c2n1. The molecule has 3 aromatic rings. The zero-order valence-corrected chi connectivity index (χ0v) is 15.9. The number of hydrogen-bond donors (Lipinski definition) is 7. The number of pyridine rings is 1. The van der Waals surface area contributed by atoms with E-state index in [-0.39, 0.29) is 21.8 Å². The summed E-state index contributed by atoms with van der Waals surface area (Å²) < 4.78 is 15.0. The van der Waals surface area contributed by atoms with Crippen molar-refractivity contribution in [3.05, 3.63) is 29.1 Å². The Balaban J connectivity index is 2.41. The number of fused-ring (bicyclic) bond motifs is 3. The summed E-state index contributed by atoms with van der Waals surface area (Å²) in [5.41, 5.74) is -2.64. The van der Waals surface area contributed by atoms with Crippen LogP contribution in [0.2, 0.25) is 0 Å². The second-order valence-corrected chi connectivity index (χ2v) is 7.20. The molecule has 0 bridgehead atoms. The van der Waals surface area contributed by atoms with Crippen LogP contribution >= 0.6 is 7.82 Å². The van der Waals surface area contributed by atoms with Crippen molar-refractivity contribution in [2.75, 3.05) is 6.61 Å². The first-order valence-corrected chi connectivity index (χ1v) is 9.58. The molecular formula is C16H12N3O11P. The predicted molar refractivity (Wildman–Crippen MR) is 102 cm³/mol. The number of aliphatic imine (C=N–C) groups is 1. The molecule has 0 aliphatic carbocycles. The molecule has 0 aliphatic rings. The minimum Gasteiger partial charge on any atom is -0.505 e. The number of carbonyl (C=O) groups is 3. The highest BCUT2D eigenvalue weighted by Crippen LogP contribution is 2.43. The van der Waals surface area contributed by atoms with E-state index in [1.807, 2.05) is 0 Å². The summed E-state index contributed by atoms with van der Waals surface area (Å²) in [7, 11) is -4.83. The van der Waals surface area contributed by atoms with Gasteiger partial charge >= 0.3 is 25.7 Å². The topological polar surface area (TPSA) is 240 Å². The summed E-state index contributed by atoms with van der Waals surface area (Å²) in [6, 6.07) is 1.76. The van der Waals surface area contributed by atoms with Crippen molar-refractivity contribution in [3.63, 3.8) is 0 Å². The predicted octanol–water partition coefficient (Wildman–Crippen LogP) is 1.33. The Hall–Kier alpha value is -3.84. The van der Waals surface area contributed by atoms with Gasteiger partial charge in [0.05, 0.1) is 23.2 Å². The molecule has 15 heteroatoms. The minimum absolute atomic E-state index is 0.188. The Morgan fingerprint density at radius 2 is 1.81 bits per heavy atom. The molecule has 0 atom stereocenters. The van der Waals surface area contributed by atoms with Gasteiger partial charge in [-0.15, -0.1) is 0 Å². The van der Waals surface area contributed by atoms with E-state index in [1.54, 1.807) is 0 Å². The molecule has 1 aromatic carbocycles.